The molecule has 0 atom stereocenters. The largest absolute Gasteiger partial charge is 0.484 e. The zero-order valence-electron chi connectivity index (χ0n) is 7.32. The third-order valence-corrected chi connectivity index (χ3v) is 2.17. The first-order chi connectivity index (χ1) is 6.88. The summed E-state index contributed by atoms with van der Waals surface area (Å²) in [7, 11) is -2.72. The summed E-state index contributed by atoms with van der Waals surface area (Å²) in [4.78, 5) is 0.0318. The second-order valence-corrected chi connectivity index (χ2v) is 3.69. The number of thiol groups is 1. The Morgan fingerprint density at radius 3 is 2.07 bits per heavy atom. The number of rotatable bonds is 3. The molecule has 0 aliphatic carbocycles. The lowest BCUT2D eigenvalue weighted by Crippen LogP contribution is -2.19. The van der Waals surface area contributed by atoms with E-state index in [2.05, 4.69) is 4.74 Å². The van der Waals surface area contributed by atoms with Gasteiger partial charge in [-0.25, -0.2) is 8.42 Å². The molecule has 0 aliphatic heterocycles. The van der Waals surface area contributed by atoms with E-state index >= 15 is 0 Å². The van der Waals surface area contributed by atoms with Crippen LogP contribution in [0.5, 0.6) is 5.75 Å². The van der Waals surface area contributed by atoms with E-state index in [0.29, 0.717) is 0 Å². The Kier molecular flexibility index (Phi) is 3.57. The first-order valence-electron chi connectivity index (χ1n) is 3.82. The normalized spacial score (nSPS) is 11.7. The Bertz CT molecular complexity index is 387. The Morgan fingerprint density at radius 2 is 1.67 bits per heavy atom. The van der Waals surface area contributed by atoms with Crippen LogP contribution in [-0.2, 0) is 10.7 Å². The smallest absolute Gasteiger partial charge is 0.422 e. The van der Waals surface area contributed by atoms with Crippen molar-refractivity contribution < 1.29 is 26.3 Å². The molecule has 0 saturated carbocycles. The van der Waals surface area contributed by atoms with E-state index < -0.39 is 23.5 Å². The summed E-state index contributed by atoms with van der Waals surface area (Å²) >= 11 is 0. The van der Waals surface area contributed by atoms with Crippen molar-refractivity contribution in [2.24, 2.45) is 0 Å². The number of alkyl halides is 3. The minimum atomic E-state index is -4.40. The molecule has 0 saturated heterocycles. The maximum atomic E-state index is 11.7. The van der Waals surface area contributed by atoms with E-state index in [1.165, 1.54) is 24.3 Å². The lowest BCUT2D eigenvalue weighted by Gasteiger charge is -2.08. The van der Waals surface area contributed by atoms with Gasteiger partial charge in [0.05, 0.1) is 4.90 Å². The van der Waals surface area contributed by atoms with Gasteiger partial charge in [-0.05, 0) is 24.3 Å². The summed E-state index contributed by atoms with van der Waals surface area (Å²) < 4.78 is 60.5. The van der Waals surface area contributed by atoms with Crippen LogP contribution in [0, 0.1) is 0 Å². The minimum absolute atomic E-state index is 0.0204. The molecule has 0 N–H and O–H groups in total. The van der Waals surface area contributed by atoms with Crippen LogP contribution in [0.2, 0.25) is 0 Å². The van der Waals surface area contributed by atoms with Crippen molar-refractivity contribution in [2.75, 3.05) is 6.61 Å². The number of hydrogen-bond acceptors (Lipinski definition) is 3. The molecule has 1 rings (SSSR count). The summed E-state index contributed by atoms with van der Waals surface area (Å²) in [6, 6.07) is 4.70. The molecular weight excluding hydrogens is 233 g/mol. The molecule has 0 amide bonds. The summed E-state index contributed by atoms with van der Waals surface area (Å²) in [6.45, 7) is -1.39. The van der Waals surface area contributed by atoms with Gasteiger partial charge in [0.15, 0.2) is 17.3 Å². The van der Waals surface area contributed by atoms with Gasteiger partial charge in [-0.15, -0.1) is 0 Å². The lowest BCUT2D eigenvalue weighted by molar-refractivity contribution is -0.153. The first-order valence-corrected chi connectivity index (χ1v) is 5.00. The highest BCUT2D eigenvalue weighted by atomic mass is 32.2. The molecule has 0 unspecified atom stereocenters. The fourth-order valence-corrected chi connectivity index (χ4v) is 1.22. The number of hydrogen-bond donors (Lipinski definition) is 1. The SMILES string of the molecule is O=[SH](=O)c1ccc(OCC(F)(F)F)cc1. The highest BCUT2D eigenvalue weighted by Gasteiger charge is 2.28. The Balaban J connectivity index is 2.65. The number of benzene rings is 1. The van der Waals surface area contributed by atoms with Crippen LogP contribution in [0.25, 0.3) is 0 Å². The van der Waals surface area contributed by atoms with Gasteiger partial charge < -0.3 is 4.74 Å². The molecule has 0 aliphatic rings. The van der Waals surface area contributed by atoms with Crippen molar-refractivity contribution in [3.63, 3.8) is 0 Å². The zero-order valence-corrected chi connectivity index (χ0v) is 8.22. The summed E-state index contributed by atoms with van der Waals surface area (Å²) in [5.74, 6) is -0.0204. The molecule has 0 heterocycles. The number of ether oxygens (including phenoxy) is 1. The molecule has 1 aromatic carbocycles. The average molecular weight is 240 g/mol. The highest BCUT2D eigenvalue weighted by molar-refractivity contribution is 7.72. The Labute approximate surface area is 85.4 Å². The van der Waals surface area contributed by atoms with Crippen LogP contribution in [-0.4, -0.2) is 21.2 Å². The van der Waals surface area contributed by atoms with Crippen molar-refractivity contribution in [1.29, 1.82) is 0 Å². The monoisotopic (exact) mass is 240 g/mol. The van der Waals surface area contributed by atoms with Crippen molar-refractivity contribution in [3.8, 4) is 5.75 Å². The third-order valence-electron chi connectivity index (χ3n) is 1.45. The van der Waals surface area contributed by atoms with E-state index in [0.717, 1.165) is 0 Å². The van der Waals surface area contributed by atoms with Gasteiger partial charge in [0.25, 0.3) is 0 Å². The van der Waals surface area contributed by atoms with Gasteiger partial charge in [0.1, 0.15) is 5.75 Å². The maximum absolute atomic E-state index is 11.7. The van der Waals surface area contributed by atoms with Crippen LogP contribution in [0.1, 0.15) is 0 Å². The van der Waals surface area contributed by atoms with E-state index in [4.69, 9.17) is 0 Å². The van der Waals surface area contributed by atoms with Gasteiger partial charge in [-0.1, -0.05) is 0 Å². The molecule has 0 bridgehead atoms. The molecule has 0 radical (unpaired) electrons. The van der Waals surface area contributed by atoms with Crippen LogP contribution < -0.4 is 4.74 Å². The fraction of sp³-hybridized carbons (Fsp3) is 0.250. The maximum Gasteiger partial charge on any atom is 0.422 e. The Hall–Kier alpha value is -1.24. The van der Waals surface area contributed by atoms with Gasteiger partial charge in [0.2, 0.25) is 0 Å². The van der Waals surface area contributed by atoms with Gasteiger partial charge in [-0.3, -0.25) is 0 Å². The summed E-state index contributed by atoms with van der Waals surface area (Å²) in [6.07, 6.45) is -4.40. The lowest BCUT2D eigenvalue weighted by atomic mass is 10.3. The molecule has 3 nitrogen and oxygen atoms in total. The van der Waals surface area contributed by atoms with Crippen molar-refractivity contribution in [2.45, 2.75) is 11.1 Å². The van der Waals surface area contributed by atoms with Crippen LogP contribution in [0.4, 0.5) is 13.2 Å². The minimum Gasteiger partial charge on any atom is -0.484 e. The molecule has 0 aromatic heterocycles. The van der Waals surface area contributed by atoms with E-state index in [-0.39, 0.29) is 10.6 Å². The van der Waals surface area contributed by atoms with E-state index in [1.54, 1.807) is 0 Å². The highest BCUT2D eigenvalue weighted by Crippen LogP contribution is 2.18. The van der Waals surface area contributed by atoms with Crippen molar-refractivity contribution in [1.82, 2.24) is 0 Å². The topological polar surface area (TPSA) is 43.4 Å². The first kappa shape index (κ1) is 11.8. The van der Waals surface area contributed by atoms with Crippen molar-refractivity contribution in [3.05, 3.63) is 24.3 Å². The van der Waals surface area contributed by atoms with E-state index in [1.807, 2.05) is 0 Å². The predicted octanol–water partition coefficient (Wildman–Crippen LogP) is 1.60. The second kappa shape index (κ2) is 4.52. The average Bonchev–Trinajstić information content (AvgIpc) is 2.14. The molecule has 84 valence electrons. The molecular formula is C8H7F3O3S. The molecule has 0 fully saturated rings. The standard InChI is InChI=1S/C8H7F3O3S/c9-8(10,11)5-14-6-1-3-7(4-2-6)15(12)13/h1-4,15H,5H2. The van der Waals surface area contributed by atoms with E-state index in [9.17, 15) is 21.6 Å². The second-order valence-electron chi connectivity index (χ2n) is 2.65. The van der Waals surface area contributed by atoms with Gasteiger partial charge in [0, 0.05) is 0 Å². The quantitative estimate of drug-likeness (QED) is 0.816. The van der Waals surface area contributed by atoms with Gasteiger partial charge >= 0.3 is 6.18 Å². The molecule has 1 aromatic rings. The molecule has 0 spiro atoms. The summed E-state index contributed by atoms with van der Waals surface area (Å²) in [5.41, 5.74) is 0. The Morgan fingerprint density at radius 1 is 1.13 bits per heavy atom. The van der Waals surface area contributed by atoms with Crippen LogP contribution in [0.3, 0.4) is 0 Å². The summed E-state index contributed by atoms with van der Waals surface area (Å²) in [5, 5.41) is 0. The van der Waals surface area contributed by atoms with Gasteiger partial charge in [-0.2, -0.15) is 13.2 Å². The third kappa shape index (κ3) is 4.20. The number of halogens is 3. The van der Waals surface area contributed by atoms with Crippen LogP contribution in [0.15, 0.2) is 29.2 Å². The zero-order chi connectivity index (χ0) is 11.5. The fourth-order valence-electron chi connectivity index (χ4n) is 0.829. The van der Waals surface area contributed by atoms with Crippen LogP contribution >= 0.6 is 0 Å². The predicted molar refractivity (Wildman–Crippen MR) is 46.6 cm³/mol. The molecule has 7 heteroatoms. The van der Waals surface area contributed by atoms with Crippen molar-refractivity contribution >= 4 is 10.7 Å². The molecule has 15 heavy (non-hydrogen) atoms.